The smallest absolute Gasteiger partial charge is 0.312 e. The topological polar surface area (TPSA) is 104 Å². The number of carbonyl (C=O) groups excluding carboxylic acids is 1. The first kappa shape index (κ1) is 18.9. The van der Waals surface area contributed by atoms with Crippen molar-refractivity contribution < 1.29 is 29.3 Å². The van der Waals surface area contributed by atoms with Crippen molar-refractivity contribution >= 4 is 23.6 Å². The first-order valence-corrected chi connectivity index (χ1v) is 9.05. The zero-order chi connectivity index (χ0) is 19.6. The van der Waals surface area contributed by atoms with E-state index in [1.807, 2.05) is 30.3 Å². The number of fused-ring (bicyclic) bond motifs is 2. The predicted octanol–water partition coefficient (Wildman–Crippen LogP) is 2.37. The average molecular weight is 373 g/mol. The maximum Gasteiger partial charge on any atom is 0.312 e. The van der Waals surface area contributed by atoms with Crippen LogP contribution in [0, 0.1) is 5.92 Å². The van der Waals surface area contributed by atoms with Gasteiger partial charge in [-0.15, -0.1) is 0 Å². The fraction of sp³-hybridized carbons (Fsp3) is 0.450. The highest BCUT2D eigenvalue weighted by Gasteiger charge is 2.53. The Bertz CT molecular complexity index is 746. The molecule has 144 valence electrons. The molecule has 2 fully saturated rings. The minimum atomic E-state index is -1.04. The van der Waals surface area contributed by atoms with Crippen LogP contribution in [-0.4, -0.2) is 51.1 Å². The second kappa shape index (κ2) is 7.82. The van der Waals surface area contributed by atoms with Crippen LogP contribution in [0.15, 0.2) is 36.9 Å². The van der Waals surface area contributed by atoms with Gasteiger partial charge in [0.25, 0.3) is 0 Å². The average Bonchev–Trinajstić information content (AvgIpc) is 2.94. The molecule has 2 aliphatic heterocycles. The summed E-state index contributed by atoms with van der Waals surface area (Å²) in [6, 6.07) is 8.67. The highest BCUT2D eigenvalue weighted by molar-refractivity contribution is 5.83. The lowest BCUT2D eigenvalue weighted by Crippen LogP contribution is -2.56. The van der Waals surface area contributed by atoms with E-state index < -0.39 is 30.0 Å². The maximum absolute atomic E-state index is 12.5. The van der Waals surface area contributed by atoms with Crippen molar-refractivity contribution in [2.75, 3.05) is 0 Å². The Balaban J connectivity index is 1.75. The molecule has 2 N–H and O–H groups in total. The van der Waals surface area contributed by atoms with Crippen LogP contribution < -0.4 is 0 Å². The molecule has 7 heteroatoms. The van der Waals surface area contributed by atoms with Gasteiger partial charge in [-0.05, 0) is 12.8 Å². The van der Waals surface area contributed by atoms with Gasteiger partial charge in [-0.1, -0.05) is 36.9 Å². The maximum atomic E-state index is 12.5. The summed E-state index contributed by atoms with van der Waals surface area (Å²) in [5, 5.41) is 18.6. The number of benzene rings is 1. The van der Waals surface area contributed by atoms with Crippen molar-refractivity contribution in [2.45, 2.75) is 50.3 Å². The summed E-state index contributed by atoms with van der Waals surface area (Å²) in [5.41, 5.74) is 0.786. The zero-order valence-electron chi connectivity index (χ0n) is 14.9. The molecule has 0 spiro atoms. The summed E-state index contributed by atoms with van der Waals surface area (Å²) >= 11 is 0. The minimum Gasteiger partial charge on any atom is -0.489 e. The quantitative estimate of drug-likeness (QED) is 0.711. The molecule has 2 saturated heterocycles. The van der Waals surface area contributed by atoms with Gasteiger partial charge >= 0.3 is 11.9 Å². The lowest BCUT2D eigenvalue weighted by molar-refractivity contribution is -0.157. The number of carbonyl (C=O) groups is 3. The van der Waals surface area contributed by atoms with Crippen molar-refractivity contribution in [2.24, 2.45) is 5.92 Å². The van der Waals surface area contributed by atoms with Gasteiger partial charge in [0.2, 0.25) is 5.91 Å². The van der Waals surface area contributed by atoms with Crippen LogP contribution in [0.1, 0.15) is 37.7 Å². The number of piperidine rings is 1. The number of hydrogen-bond donors (Lipinski definition) is 2. The Morgan fingerprint density at radius 3 is 2.44 bits per heavy atom. The number of rotatable bonds is 7. The Labute approximate surface area is 157 Å². The molecule has 0 aromatic heterocycles. The van der Waals surface area contributed by atoms with Crippen molar-refractivity contribution in [3.05, 3.63) is 42.5 Å². The second-order valence-electron chi connectivity index (χ2n) is 7.04. The number of ether oxygens (including phenoxy) is 1. The molecule has 4 atom stereocenters. The molecular formula is C20H23NO6. The molecule has 7 nitrogen and oxygen atoms in total. The van der Waals surface area contributed by atoms with Gasteiger partial charge in [-0.2, -0.15) is 0 Å². The van der Waals surface area contributed by atoms with E-state index in [-0.39, 0.29) is 24.8 Å². The third-order valence-electron chi connectivity index (χ3n) is 5.38. The molecular weight excluding hydrogens is 350 g/mol. The number of nitrogens with zero attached hydrogens (tertiary/aromatic N) is 1. The fourth-order valence-corrected chi connectivity index (χ4v) is 4.21. The van der Waals surface area contributed by atoms with Crippen LogP contribution in [0.5, 0.6) is 0 Å². The van der Waals surface area contributed by atoms with Crippen LogP contribution in [0.25, 0.3) is 5.76 Å². The van der Waals surface area contributed by atoms with Crippen LogP contribution >= 0.6 is 0 Å². The normalized spacial score (nSPS) is 26.4. The third-order valence-corrected chi connectivity index (χ3v) is 5.38. The van der Waals surface area contributed by atoms with E-state index in [1.165, 1.54) is 0 Å². The molecule has 2 aliphatic rings. The Kier molecular flexibility index (Phi) is 5.48. The lowest BCUT2D eigenvalue weighted by Gasteiger charge is -2.43. The van der Waals surface area contributed by atoms with Crippen molar-refractivity contribution in [3.8, 4) is 0 Å². The Hall–Kier alpha value is -2.83. The molecule has 1 aromatic carbocycles. The third kappa shape index (κ3) is 3.97. The molecule has 2 bridgehead atoms. The summed E-state index contributed by atoms with van der Waals surface area (Å²) in [7, 11) is 0. The van der Waals surface area contributed by atoms with Crippen molar-refractivity contribution in [3.63, 3.8) is 0 Å². The number of carboxylic acids is 2. The first-order chi connectivity index (χ1) is 12.9. The molecule has 3 rings (SSSR count). The van der Waals surface area contributed by atoms with E-state index in [0.29, 0.717) is 25.0 Å². The molecule has 2 heterocycles. The van der Waals surface area contributed by atoms with Crippen molar-refractivity contribution in [1.29, 1.82) is 0 Å². The van der Waals surface area contributed by atoms with E-state index >= 15 is 0 Å². The number of hydrogen-bond acceptors (Lipinski definition) is 4. The summed E-state index contributed by atoms with van der Waals surface area (Å²) < 4.78 is 5.95. The van der Waals surface area contributed by atoms with E-state index in [0.717, 1.165) is 5.56 Å². The molecule has 0 saturated carbocycles. The van der Waals surface area contributed by atoms with Gasteiger partial charge in [0.05, 0.1) is 6.42 Å². The largest absolute Gasteiger partial charge is 0.489 e. The number of carboxylic acid groups (broad SMARTS) is 2. The monoisotopic (exact) mass is 373 g/mol. The molecule has 4 unspecified atom stereocenters. The lowest BCUT2D eigenvalue weighted by atomic mass is 9.86. The van der Waals surface area contributed by atoms with Gasteiger partial charge in [0, 0.05) is 30.5 Å². The summed E-state index contributed by atoms with van der Waals surface area (Å²) in [5.74, 6) is -2.79. The molecule has 0 radical (unpaired) electrons. The van der Waals surface area contributed by atoms with Gasteiger partial charge in [0.1, 0.15) is 17.8 Å². The van der Waals surface area contributed by atoms with Crippen LogP contribution in [0.3, 0.4) is 0 Å². The van der Waals surface area contributed by atoms with E-state index in [9.17, 15) is 19.5 Å². The van der Waals surface area contributed by atoms with Crippen LogP contribution in [0.4, 0.5) is 0 Å². The van der Waals surface area contributed by atoms with Gasteiger partial charge in [0.15, 0.2) is 0 Å². The number of amides is 1. The minimum absolute atomic E-state index is 0.114. The van der Waals surface area contributed by atoms with Crippen LogP contribution in [-0.2, 0) is 19.1 Å². The first-order valence-electron chi connectivity index (χ1n) is 9.05. The van der Waals surface area contributed by atoms with Crippen molar-refractivity contribution in [1.82, 2.24) is 4.90 Å². The van der Waals surface area contributed by atoms with E-state index in [2.05, 4.69) is 6.58 Å². The highest BCUT2D eigenvalue weighted by atomic mass is 16.5. The Morgan fingerprint density at radius 2 is 1.81 bits per heavy atom. The van der Waals surface area contributed by atoms with Gasteiger partial charge in [-0.25, -0.2) is 0 Å². The fourth-order valence-electron chi connectivity index (χ4n) is 4.21. The number of aliphatic carboxylic acids is 2. The summed E-state index contributed by atoms with van der Waals surface area (Å²) in [6.45, 7) is 3.93. The predicted molar refractivity (Wildman–Crippen MR) is 96.6 cm³/mol. The van der Waals surface area contributed by atoms with E-state index in [1.54, 1.807) is 4.90 Å². The second-order valence-corrected chi connectivity index (χ2v) is 7.04. The molecule has 0 aliphatic carbocycles. The van der Waals surface area contributed by atoms with Gasteiger partial charge in [-0.3, -0.25) is 14.4 Å². The van der Waals surface area contributed by atoms with Crippen LogP contribution in [0.2, 0.25) is 0 Å². The summed E-state index contributed by atoms with van der Waals surface area (Å²) in [6.07, 6.45) is 0.742. The molecule has 27 heavy (non-hydrogen) atoms. The molecule has 1 amide bonds. The summed E-state index contributed by atoms with van der Waals surface area (Å²) in [4.78, 5) is 36.8. The standard InChI is InChI=1S/C20H23NO6/c1-12(13-5-3-2-4-6-13)27-16-11-14-7-8-15(19(16)20(25)26)21(14)17(22)9-10-18(23)24/h2-6,14-16,19H,1,7-11H2,(H,23,24)(H,25,26). The highest BCUT2D eigenvalue weighted by Crippen LogP contribution is 2.42. The molecule has 1 aromatic rings. The van der Waals surface area contributed by atoms with Gasteiger partial charge < -0.3 is 19.8 Å². The Morgan fingerprint density at radius 1 is 1.11 bits per heavy atom. The SMILES string of the molecule is C=C(OC1CC2CCC(C1C(=O)O)N2C(=O)CCC(=O)O)c1ccccc1. The van der Waals surface area contributed by atoms with E-state index in [4.69, 9.17) is 9.84 Å². The zero-order valence-corrected chi connectivity index (χ0v) is 14.9.